The first-order chi connectivity index (χ1) is 15.1. The molecular weight excluding hydrogens is 472 g/mol. The van der Waals surface area contributed by atoms with Gasteiger partial charge in [-0.05, 0) is 12.5 Å². The summed E-state index contributed by atoms with van der Waals surface area (Å²) in [6, 6.07) is -0.874. The Morgan fingerprint density at radius 3 is 2.41 bits per heavy atom. The maximum Gasteiger partial charge on any atom is 0.486 e. The molecule has 0 saturated carbocycles. The monoisotopic (exact) mass is 493 g/mol. The van der Waals surface area contributed by atoms with Crippen molar-refractivity contribution >= 4 is 20.4 Å². The van der Waals surface area contributed by atoms with Gasteiger partial charge in [-0.3, -0.25) is 18.9 Å². The first-order valence-corrected chi connectivity index (χ1v) is 11.9. The second-order valence-corrected chi connectivity index (χ2v) is 10.9. The fraction of sp³-hybridized carbons (Fsp3) is 0.643. The molecule has 0 bridgehead atoms. The van der Waals surface area contributed by atoms with E-state index in [1.54, 1.807) is 0 Å². The molecule has 1 aromatic rings. The second kappa shape index (κ2) is 10.5. The molecule has 0 aliphatic carbocycles. The number of aryl methyl sites for hydroxylation is 1. The zero-order valence-corrected chi connectivity index (χ0v) is 19.3. The van der Waals surface area contributed by atoms with Crippen LogP contribution in [0.2, 0.25) is 0 Å². The van der Waals surface area contributed by atoms with Crippen molar-refractivity contribution in [1.82, 2.24) is 9.55 Å². The van der Waals surface area contributed by atoms with Crippen LogP contribution in [0.1, 0.15) is 18.2 Å². The Hall–Kier alpha value is -2.37. The second-order valence-electron chi connectivity index (χ2n) is 6.35. The SMILES string of the molecule is COP(=O)(OC)C(=[N+]=[N-])P(=O)(OC)OC[C@H]1O[C@@H](n2cc(C)c(=O)[nH]c2=O)CC1N=[N+]=[N-]. The van der Waals surface area contributed by atoms with Crippen molar-refractivity contribution in [2.75, 3.05) is 27.9 Å². The zero-order valence-electron chi connectivity index (χ0n) is 17.5. The standard InChI is InChI=1S/C14H21N7O9P2/c1-8-6-21(13(23)17-12(8)22)11-5-9(19-20-16)10(30-11)7-29-32(25,28-4)14(18-15)31(24,26-2)27-3/h6,9-11H,5,7H2,1-4H3,(H,17,22,23)/t9?,10-,11-,32?/m1/s1. The van der Waals surface area contributed by atoms with Crippen molar-refractivity contribution < 1.29 is 36.8 Å². The molecule has 0 aromatic carbocycles. The fourth-order valence-corrected chi connectivity index (χ4v) is 6.41. The number of H-pyrrole nitrogens is 1. The summed E-state index contributed by atoms with van der Waals surface area (Å²) in [7, 11) is -5.93. The third kappa shape index (κ3) is 5.16. The van der Waals surface area contributed by atoms with Crippen LogP contribution in [0.5, 0.6) is 0 Å². The molecule has 2 unspecified atom stereocenters. The van der Waals surface area contributed by atoms with Crippen molar-refractivity contribution in [2.24, 2.45) is 5.11 Å². The van der Waals surface area contributed by atoms with Gasteiger partial charge in [0, 0.05) is 44.4 Å². The van der Waals surface area contributed by atoms with Gasteiger partial charge in [0.2, 0.25) is 0 Å². The number of rotatable bonds is 10. The quantitative estimate of drug-likeness (QED) is 0.165. The molecule has 1 aromatic heterocycles. The van der Waals surface area contributed by atoms with Crippen LogP contribution in [0.3, 0.4) is 0 Å². The van der Waals surface area contributed by atoms with Gasteiger partial charge in [0.15, 0.2) is 0 Å². The number of nitrogens with zero attached hydrogens (tertiary/aromatic N) is 6. The third-order valence-corrected chi connectivity index (χ3v) is 9.13. The molecule has 1 aliphatic heterocycles. The van der Waals surface area contributed by atoms with E-state index in [2.05, 4.69) is 28.8 Å². The van der Waals surface area contributed by atoms with Gasteiger partial charge in [0.25, 0.3) is 5.56 Å². The Kier molecular flexibility index (Phi) is 8.49. The van der Waals surface area contributed by atoms with Crippen molar-refractivity contribution in [2.45, 2.75) is 31.7 Å². The minimum atomic E-state index is -4.52. The average Bonchev–Trinajstić information content (AvgIpc) is 3.17. The van der Waals surface area contributed by atoms with Crippen LogP contribution in [-0.4, -0.2) is 59.6 Å². The molecule has 1 saturated heterocycles. The molecule has 1 aliphatic rings. The minimum absolute atomic E-state index is 0.0241. The summed E-state index contributed by atoms with van der Waals surface area (Å²) in [6.07, 6.45) is -0.676. The van der Waals surface area contributed by atoms with E-state index in [0.29, 0.717) is 0 Å². The Bertz CT molecular complexity index is 1160. The topological polar surface area (TPSA) is 220 Å². The molecule has 0 amide bonds. The number of azide groups is 1. The van der Waals surface area contributed by atoms with Crippen LogP contribution in [0.25, 0.3) is 16.0 Å². The number of nitrogens with one attached hydrogen (secondary N) is 1. The molecule has 0 radical (unpaired) electrons. The summed E-state index contributed by atoms with van der Waals surface area (Å²) in [6.45, 7) is 0.943. The number of ether oxygens (including phenoxy) is 1. The number of hydrogen-bond donors (Lipinski definition) is 1. The lowest BCUT2D eigenvalue weighted by Crippen LogP contribution is -2.33. The molecular formula is C14H21N7O9P2. The minimum Gasteiger partial charge on any atom is -0.360 e. The normalized spacial score (nSPS) is 22.6. The van der Waals surface area contributed by atoms with E-state index >= 15 is 0 Å². The van der Waals surface area contributed by atoms with Crippen molar-refractivity contribution in [1.29, 1.82) is 0 Å². The van der Waals surface area contributed by atoms with E-state index in [1.807, 2.05) is 0 Å². The molecule has 1 N–H and O–H groups in total. The van der Waals surface area contributed by atoms with Gasteiger partial charge in [-0.1, -0.05) is 5.11 Å². The summed E-state index contributed by atoms with van der Waals surface area (Å²) in [4.78, 5) is 31.3. The highest BCUT2D eigenvalue weighted by Gasteiger charge is 2.55. The van der Waals surface area contributed by atoms with Crippen molar-refractivity contribution in [3.05, 3.63) is 48.6 Å². The first kappa shape index (κ1) is 25.9. The smallest absolute Gasteiger partial charge is 0.360 e. The Morgan fingerprint density at radius 1 is 1.25 bits per heavy atom. The first-order valence-electron chi connectivity index (χ1n) is 8.85. The number of hydrogen-bond acceptors (Lipinski definition) is 10. The highest BCUT2D eigenvalue weighted by Crippen LogP contribution is 2.64. The van der Waals surface area contributed by atoms with Gasteiger partial charge in [-0.25, -0.2) is 13.9 Å². The molecule has 0 spiro atoms. The largest absolute Gasteiger partial charge is 0.486 e. The van der Waals surface area contributed by atoms with E-state index in [-0.39, 0.29) is 12.0 Å². The van der Waals surface area contributed by atoms with E-state index in [1.165, 1.54) is 13.1 Å². The summed E-state index contributed by atoms with van der Waals surface area (Å²) in [5.74, 6) is 0. The molecule has 4 atom stereocenters. The Morgan fingerprint density at radius 2 is 1.88 bits per heavy atom. The lowest BCUT2D eigenvalue weighted by molar-refractivity contribution is -0.0260. The van der Waals surface area contributed by atoms with Crippen LogP contribution in [0.4, 0.5) is 0 Å². The van der Waals surface area contributed by atoms with Crippen LogP contribution in [-0.2, 0) is 32.0 Å². The highest BCUT2D eigenvalue weighted by molar-refractivity contribution is 7.98. The average molecular weight is 493 g/mol. The molecule has 1 fully saturated rings. The maximum absolute atomic E-state index is 13.1. The summed E-state index contributed by atoms with van der Waals surface area (Å²) < 4.78 is 51.9. The predicted octanol–water partition coefficient (Wildman–Crippen LogP) is 1.74. The molecule has 18 heteroatoms. The lowest BCUT2D eigenvalue weighted by atomic mass is 10.1. The van der Waals surface area contributed by atoms with Crippen LogP contribution >= 0.6 is 15.2 Å². The van der Waals surface area contributed by atoms with Gasteiger partial charge in [0.05, 0.1) is 18.8 Å². The highest BCUT2D eigenvalue weighted by atomic mass is 31.2. The van der Waals surface area contributed by atoms with Gasteiger partial charge in [0.1, 0.15) is 6.23 Å². The van der Waals surface area contributed by atoms with E-state index in [9.17, 15) is 24.3 Å². The van der Waals surface area contributed by atoms with Crippen LogP contribution < -0.4 is 11.2 Å². The van der Waals surface area contributed by atoms with Crippen molar-refractivity contribution in [3.8, 4) is 0 Å². The molecule has 32 heavy (non-hydrogen) atoms. The number of aromatic nitrogens is 2. The predicted molar refractivity (Wildman–Crippen MR) is 108 cm³/mol. The fourth-order valence-electron chi connectivity index (χ4n) is 2.88. The van der Waals surface area contributed by atoms with E-state index < -0.39 is 56.6 Å². The molecule has 16 nitrogen and oxygen atoms in total. The summed E-state index contributed by atoms with van der Waals surface area (Å²) in [5.41, 5.74) is 17.0. The Balaban J connectivity index is 2.31. The van der Waals surface area contributed by atoms with Crippen LogP contribution in [0, 0.1) is 6.92 Å². The van der Waals surface area contributed by atoms with Crippen molar-refractivity contribution in [3.63, 3.8) is 0 Å². The van der Waals surface area contributed by atoms with Gasteiger partial charge in [-0.2, -0.15) is 0 Å². The van der Waals surface area contributed by atoms with E-state index in [0.717, 1.165) is 25.9 Å². The maximum atomic E-state index is 13.1. The van der Waals surface area contributed by atoms with E-state index in [4.69, 9.17) is 19.3 Å². The molecule has 2 heterocycles. The lowest BCUT2D eigenvalue weighted by Gasteiger charge is -2.20. The summed E-state index contributed by atoms with van der Waals surface area (Å²) in [5, 5.41) is 2.60. The molecule has 2 rings (SSSR count). The Labute approximate surface area is 180 Å². The summed E-state index contributed by atoms with van der Waals surface area (Å²) >= 11 is 0. The number of aromatic amines is 1. The van der Waals surface area contributed by atoms with Gasteiger partial charge < -0.3 is 23.8 Å². The van der Waals surface area contributed by atoms with Gasteiger partial charge >= 0.3 is 26.1 Å². The zero-order chi connectivity index (χ0) is 24.1. The van der Waals surface area contributed by atoms with Crippen LogP contribution in [0.15, 0.2) is 20.9 Å². The third-order valence-electron chi connectivity index (χ3n) is 4.57. The molecule has 176 valence electrons. The van der Waals surface area contributed by atoms with Gasteiger partial charge in [-0.15, -0.1) is 4.79 Å².